The lowest BCUT2D eigenvalue weighted by atomic mass is 10.1. The van der Waals surface area contributed by atoms with Gasteiger partial charge in [0, 0.05) is 6.42 Å². The Balaban J connectivity index is 5.04. The van der Waals surface area contributed by atoms with Gasteiger partial charge in [-0.3, -0.25) is 14.4 Å². The Morgan fingerprint density at radius 1 is 1.04 bits per heavy atom. The highest BCUT2D eigenvalue weighted by Crippen LogP contribution is 2.04. The van der Waals surface area contributed by atoms with Gasteiger partial charge in [0.1, 0.15) is 18.1 Å². The van der Waals surface area contributed by atoms with Crippen LogP contribution in [0.5, 0.6) is 0 Å². The predicted molar refractivity (Wildman–Crippen MR) is 91.0 cm³/mol. The van der Waals surface area contributed by atoms with E-state index in [9.17, 15) is 24.3 Å². The topological polar surface area (TPSA) is 179 Å². The van der Waals surface area contributed by atoms with Gasteiger partial charge in [-0.05, 0) is 31.8 Å². The Labute approximate surface area is 149 Å². The van der Waals surface area contributed by atoms with E-state index in [1.807, 2.05) is 0 Å². The molecule has 0 unspecified atom stereocenters. The maximum Gasteiger partial charge on any atom is 0.326 e. The second-order valence-corrected chi connectivity index (χ2v) is 6.43. The van der Waals surface area contributed by atoms with Gasteiger partial charge in [-0.2, -0.15) is 11.8 Å². The lowest BCUT2D eigenvalue weighted by Gasteiger charge is -2.23. The van der Waals surface area contributed by atoms with Gasteiger partial charge in [0.2, 0.25) is 11.8 Å². The third kappa shape index (κ3) is 9.27. The fourth-order valence-corrected chi connectivity index (χ4v) is 2.26. The summed E-state index contributed by atoms with van der Waals surface area (Å²) in [6, 6.07) is -3.73. The number of carbonyl (C=O) groups excluding carboxylic acids is 2. The van der Waals surface area contributed by atoms with Gasteiger partial charge in [0.25, 0.3) is 0 Å². The van der Waals surface area contributed by atoms with Crippen LogP contribution < -0.4 is 16.4 Å². The van der Waals surface area contributed by atoms with Crippen LogP contribution in [-0.2, 0) is 19.2 Å². The quantitative estimate of drug-likeness (QED) is 0.232. The van der Waals surface area contributed by atoms with E-state index in [0.29, 0.717) is 5.75 Å². The van der Waals surface area contributed by atoms with Crippen molar-refractivity contribution in [2.24, 2.45) is 5.73 Å². The van der Waals surface area contributed by atoms with Crippen LogP contribution >= 0.6 is 11.8 Å². The SMILES string of the molecule is CSCC[C@H](NC(=O)[C@H](CCC(=O)O)NC(=O)[C@@H](N)[C@@H](C)O)C(=O)O. The number of rotatable bonds is 12. The largest absolute Gasteiger partial charge is 0.481 e. The maximum atomic E-state index is 12.3. The van der Waals surface area contributed by atoms with Crippen LogP contribution in [-0.4, -0.2) is 75.3 Å². The summed E-state index contributed by atoms with van der Waals surface area (Å²) in [5, 5.41) is 31.7. The number of hydrogen-bond acceptors (Lipinski definition) is 7. The van der Waals surface area contributed by atoms with E-state index >= 15 is 0 Å². The van der Waals surface area contributed by atoms with E-state index in [1.165, 1.54) is 18.7 Å². The summed E-state index contributed by atoms with van der Waals surface area (Å²) in [7, 11) is 0. The minimum absolute atomic E-state index is 0.176. The zero-order chi connectivity index (χ0) is 19.6. The average molecular weight is 379 g/mol. The Morgan fingerprint density at radius 2 is 1.60 bits per heavy atom. The molecule has 7 N–H and O–H groups in total. The third-order valence-electron chi connectivity index (χ3n) is 3.33. The van der Waals surface area contributed by atoms with E-state index in [2.05, 4.69) is 10.6 Å². The third-order valence-corrected chi connectivity index (χ3v) is 3.97. The summed E-state index contributed by atoms with van der Waals surface area (Å²) >= 11 is 1.41. The van der Waals surface area contributed by atoms with Gasteiger partial charge in [-0.15, -0.1) is 0 Å². The summed E-state index contributed by atoms with van der Waals surface area (Å²) < 4.78 is 0. The molecule has 4 atom stereocenters. The Bertz CT molecular complexity index is 487. The second-order valence-electron chi connectivity index (χ2n) is 5.44. The van der Waals surface area contributed by atoms with Gasteiger partial charge in [0.15, 0.2) is 0 Å². The first-order valence-corrected chi connectivity index (χ1v) is 8.97. The minimum Gasteiger partial charge on any atom is -0.481 e. The van der Waals surface area contributed by atoms with Crippen molar-refractivity contribution in [2.45, 2.75) is 50.4 Å². The van der Waals surface area contributed by atoms with Crippen molar-refractivity contribution < 1.29 is 34.5 Å². The molecule has 0 radical (unpaired) electrons. The molecule has 11 heteroatoms. The first-order chi connectivity index (χ1) is 11.6. The van der Waals surface area contributed by atoms with Gasteiger partial charge in [-0.25, -0.2) is 4.79 Å². The Morgan fingerprint density at radius 3 is 2.04 bits per heavy atom. The van der Waals surface area contributed by atoms with Crippen LogP contribution in [0.1, 0.15) is 26.2 Å². The molecule has 0 aliphatic carbocycles. The summed E-state index contributed by atoms with van der Waals surface area (Å²) in [6.45, 7) is 1.29. The molecule has 25 heavy (non-hydrogen) atoms. The molecule has 0 fully saturated rings. The number of carbonyl (C=O) groups is 4. The summed E-state index contributed by atoms with van der Waals surface area (Å²) in [5.74, 6) is -3.57. The number of thioether (sulfide) groups is 1. The summed E-state index contributed by atoms with van der Waals surface area (Å²) in [6.07, 6.45) is 0.138. The number of nitrogens with two attached hydrogens (primary N) is 1. The maximum absolute atomic E-state index is 12.3. The van der Waals surface area contributed by atoms with Crippen LogP contribution in [0.15, 0.2) is 0 Å². The number of amides is 2. The van der Waals surface area contributed by atoms with Crippen molar-refractivity contribution >= 4 is 35.5 Å². The van der Waals surface area contributed by atoms with E-state index in [1.54, 1.807) is 6.26 Å². The van der Waals surface area contributed by atoms with Crippen LogP contribution in [0.3, 0.4) is 0 Å². The summed E-state index contributed by atoms with van der Waals surface area (Å²) in [4.78, 5) is 46.1. The highest BCUT2D eigenvalue weighted by Gasteiger charge is 2.29. The van der Waals surface area contributed by atoms with E-state index < -0.39 is 54.4 Å². The van der Waals surface area contributed by atoms with E-state index in [-0.39, 0.29) is 12.8 Å². The molecule has 10 nitrogen and oxygen atoms in total. The molecule has 0 aromatic heterocycles. The zero-order valence-corrected chi connectivity index (χ0v) is 14.9. The van der Waals surface area contributed by atoms with E-state index in [0.717, 1.165) is 0 Å². The second kappa shape index (κ2) is 11.7. The monoisotopic (exact) mass is 379 g/mol. The molecule has 0 bridgehead atoms. The molecule has 0 saturated carbocycles. The molecule has 0 rings (SSSR count). The van der Waals surface area contributed by atoms with Crippen molar-refractivity contribution in [1.29, 1.82) is 0 Å². The van der Waals surface area contributed by atoms with Gasteiger partial charge >= 0.3 is 11.9 Å². The van der Waals surface area contributed by atoms with Gasteiger partial charge in [0.05, 0.1) is 6.10 Å². The highest BCUT2D eigenvalue weighted by molar-refractivity contribution is 7.98. The number of hydrogen-bond donors (Lipinski definition) is 6. The molecule has 0 spiro atoms. The van der Waals surface area contributed by atoms with Crippen LogP contribution in [0, 0.1) is 0 Å². The van der Waals surface area contributed by atoms with Crippen LogP contribution in [0.4, 0.5) is 0 Å². The Hall–Kier alpha value is -1.85. The van der Waals surface area contributed by atoms with Gasteiger partial charge in [-0.1, -0.05) is 0 Å². The molecule has 2 amide bonds. The molecule has 0 aromatic rings. The standard InChI is InChI=1S/C14H25N3O7S/c1-7(18)11(15)13(22)16-8(3-4-10(19)20)12(21)17-9(14(23)24)5-6-25-2/h7-9,11,18H,3-6,15H2,1-2H3,(H,16,22)(H,17,21)(H,19,20)(H,23,24)/t7-,8+,9+,11+/m1/s1. The van der Waals surface area contributed by atoms with Crippen LogP contribution in [0.25, 0.3) is 0 Å². The number of aliphatic carboxylic acids is 2. The number of carboxylic acid groups (broad SMARTS) is 2. The molecular formula is C14H25N3O7S. The zero-order valence-electron chi connectivity index (χ0n) is 14.1. The number of nitrogens with one attached hydrogen (secondary N) is 2. The number of aliphatic hydroxyl groups excluding tert-OH is 1. The molecule has 0 saturated heterocycles. The number of aliphatic hydroxyl groups is 1. The van der Waals surface area contributed by atoms with Crippen molar-refractivity contribution in [2.75, 3.05) is 12.0 Å². The predicted octanol–water partition coefficient (Wildman–Crippen LogP) is -1.63. The van der Waals surface area contributed by atoms with E-state index in [4.69, 9.17) is 15.9 Å². The average Bonchev–Trinajstić information content (AvgIpc) is 2.53. The Kier molecular flexibility index (Phi) is 10.8. The first kappa shape index (κ1) is 23.1. The first-order valence-electron chi connectivity index (χ1n) is 7.58. The van der Waals surface area contributed by atoms with Crippen molar-refractivity contribution in [3.05, 3.63) is 0 Å². The normalized spacial score (nSPS) is 15.5. The van der Waals surface area contributed by atoms with Crippen molar-refractivity contribution in [1.82, 2.24) is 10.6 Å². The molecule has 0 aliphatic heterocycles. The van der Waals surface area contributed by atoms with Crippen LogP contribution in [0.2, 0.25) is 0 Å². The lowest BCUT2D eigenvalue weighted by Crippen LogP contribution is -2.56. The highest BCUT2D eigenvalue weighted by atomic mass is 32.2. The van der Waals surface area contributed by atoms with Crippen molar-refractivity contribution in [3.8, 4) is 0 Å². The minimum atomic E-state index is -1.30. The van der Waals surface area contributed by atoms with Gasteiger partial charge < -0.3 is 31.7 Å². The molecule has 0 aromatic carbocycles. The van der Waals surface area contributed by atoms with Crippen molar-refractivity contribution in [3.63, 3.8) is 0 Å². The molecule has 144 valence electrons. The number of carboxylic acids is 2. The smallest absolute Gasteiger partial charge is 0.326 e. The molecule has 0 aliphatic rings. The molecule has 0 heterocycles. The summed E-state index contributed by atoms with van der Waals surface area (Å²) in [5.41, 5.74) is 5.47. The fraction of sp³-hybridized carbons (Fsp3) is 0.714. The lowest BCUT2D eigenvalue weighted by molar-refractivity contribution is -0.143. The fourth-order valence-electron chi connectivity index (χ4n) is 1.79. The molecular weight excluding hydrogens is 354 g/mol.